The third-order valence-corrected chi connectivity index (χ3v) is 4.09. The van der Waals surface area contributed by atoms with E-state index in [2.05, 4.69) is 30.5 Å². The van der Waals surface area contributed by atoms with Crippen molar-refractivity contribution in [2.75, 3.05) is 37.4 Å². The van der Waals surface area contributed by atoms with Crippen LogP contribution in [0.4, 0.5) is 11.6 Å². The molecule has 0 spiro atoms. The molecule has 0 bridgehead atoms. The lowest BCUT2D eigenvalue weighted by Crippen LogP contribution is -2.38. The van der Waals surface area contributed by atoms with E-state index in [1.165, 1.54) is 0 Å². The molecule has 3 rings (SSSR count). The van der Waals surface area contributed by atoms with E-state index in [0.717, 1.165) is 49.8 Å². The van der Waals surface area contributed by atoms with Gasteiger partial charge in [-0.25, -0.2) is 9.97 Å². The summed E-state index contributed by atoms with van der Waals surface area (Å²) in [4.78, 5) is 13.0. The zero-order valence-electron chi connectivity index (χ0n) is 14.0. The quantitative estimate of drug-likeness (QED) is 0.872. The van der Waals surface area contributed by atoms with E-state index in [-0.39, 0.29) is 0 Å². The first-order valence-corrected chi connectivity index (χ1v) is 7.93. The molecular weight excluding hydrogens is 292 g/mol. The zero-order chi connectivity index (χ0) is 16.2. The van der Waals surface area contributed by atoms with Crippen molar-refractivity contribution in [2.24, 2.45) is 7.05 Å². The van der Waals surface area contributed by atoms with E-state index in [9.17, 15) is 0 Å². The average molecular weight is 316 g/mol. The molecule has 23 heavy (non-hydrogen) atoms. The normalized spacial score (nSPS) is 16.5. The van der Waals surface area contributed by atoms with E-state index in [0.29, 0.717) is 6.04 Å². The lowest BCUT2D eigenvalue weighted by molar-refractivity contribution is 0.209. The van der Waals surface area contributed by atoms with Crippen molar-refractivity contribution in [1.29, 1.82) is 0 Å². The van der Waals surface area contributed by atoms with E-state index in [1.54, 1.807) is 11.0 Å². The van der Waals surface area contributed by atoms with Crippen molar-refractivity contribution in [2.45, 2.75) is 25.4 Å². The summed E-state index contributed by atoms with van der Waals surface area (Å²) in [5, 5.41) is 11.7. The molecule has 8 nitrogen and oxygen atoms in total. The number of nitrogens with one attached hydrogen (secondary N) is 1. The van der Waals surface area contributed by atoms with Crippen molar-refractivity contribution in [3.8, 4) is 0 Å². The van der Waals surface area contributed by atoms with Gasteiger partial charge < -0.3 is 10.2 Å². The number of hydrogen-bond donors (Lipinski definition) is 1. The van der Waals surface area contributed by atoms with Gasteiger partial charge in [-0.3, -0.25) is 9.58 Å². The molecule has 2 aromatic rings. The topological polar surface area (TPSA) is 75.0 Å². The van der Waals surface area contributed by atoms with Gasteiger partial charge in [-0.15, -0.1) is 5.10 Å². The monoisotopic (exact) mass is 316 g/mol. The molecule has 2 aromatic heterocycles. The van der Waals surface area contributed by atoms with Crippen molar-refractivity contribution in [3.63, 3.8) is 0 Å². The first-order chi connectivity index (χ1) is 11.1. The van der Waals surface area contributed by atoms with Crippen LogP contribution in [0.25, 0.3) is 0 Å². The van der Waals surface area contributed by atoms with Gasteiger partial charge in [-0.1, -0.05) is 5.21 Å². The van der Waals surface area contributed by atoms with E-state index < -0.39 is 0 Å². The Balaban J connectivity index is 1.50. The molecular formula is C15H24N8. The molecule has 1 N–H and O–H groups in total. The summed E-state index contributed by atoms with van der Waals surface area (Å²) in [5.41, 5.74) is 1.03. The Morgan fingerprint density at radius 3 is 2.70 bits per heavy atom. The van der Waals surface area contributed by atoms with Crippen LogP contribution in [0.3, 0.4) is 0 Å². The van der Waals surface area contributed by atoms with Gasteiger partial charge in [0.2, 0.25) is 0 Å². The van der Waals surface area contributed by atoms with Crippen molar-refractivity contribution >= 4 is 11.6 Å². The molecule has 0 atom stereocenters. The fourth-order valence-electron chi connectivity index (χ4n) is 2.81. The number of likely N-dealkylation sites (tertiary alicyclic amines) is 1. The number of hydrogen-bond acceptors (Lipinski definition) is 7. The molecule has 0 unspecified atom stereocenters. The standard InChI is InChI=1S/C15H24N8/c1-21(2)15-8-14(16-11-17-15)18-12-4-6-23(7-5-12)10-13-9-22(3)20-19-13/h8-9,11-12H,4-7,10H2,1-3H3,(H,16,17,18). The van der Waals surface area contributed by atoms with Crippen LogP contribution in [0, 0.1) is 0 Å². The van der Waals surface area contributed by atoms with Crippen molar-refractivity contribution in [3.05, 3.63) is 24.3 Å². The highest BCUT2D eigenvalue weighted by Gasteiger charge is 2.20. The van der Waals surface area contributed by atoms with Crippen LogP contribution in [-0.2, 0) is 13.6 Å². The summed E-state index contributed by atoms with van der Waals surface area (Å²) < 4.78 is 1.75. The van der Waals surface area contributed by atoms with Crippen LogP contribution < -0.4 is 10.2 Å². The number of rotatable bonds is 5. The highest BCUT2D eigenvalue weighted by atomic mass is 15.4. The smallest absolute Gasteiger partial charge is 0.133 e. The van der Waals surface area contributed by atoms with Gasteiger partial charge in [0.1, 0.15) is 18.0 Å². The number of nitrogens with zero attached hydrogens (tertiary/aromatic N) is 7. The SMILES string of the molecule is CN(C)c1cc(NC2CCN(Cc3cn(C)nn3)CC2)ncn1. The highest BCUT2D eigenvalue weighted by Crippen LogP contribution is 2.18. The van der Waals surface area contributed by atoms with Crippen LogP contribution in [0.2, 0.25) is 0 Å². The molecule has 1 saturated heterocycles. The average Bonchev–Trinajstić information content (AvgIpc) is 2.94. The zero-order valence-corrected chi connectivity index (χ0v) is 14.0. The summed E-state index contributed by atoms with van der Waals surface area (Å²) >= 11 is 0. The Morgan fingerprint density at radius 2 is 2.04 bits per heavy atom. The lowest BCUT2D eigenvalue weighted by atomic mass is 10.0. The maximum absolute atomic E-state index is 4.32. The van der Waals surface area contributed by atoms with Crippen molar-refractivity contribution < 1.29 is 0 Å². The van der Waals surface area contributed by atoms with Gasteiger partial charge in [0.05, 0.1) is 5.69 Å². The van der Waals surface area contributed by atoms with E-state index in [1.807, 2.05) is 38.3 Å². The number of aromatic nitrogens is 5. The molecule has 0 saturated carbocycles. The number of anilines is 2. The lowest BCUT2D eigenvalue weighted by Gasteiger charge is -2.32. The van der Waals surface area contributed by atoms with Crippen molar-refractivity contribution in [1.82, 2.24) is 29.9 Å². The second kappa shape index (κ2) is 6.91. The summed E-state index contributed by atoms with van der Waals surface area (Å²) in [6.07, 6.45) is 5.79. The summed E-state index contributed by atoms with van der Waals surface area (Å²) in [5.74, 6) is 1.82. The van der Waals surface area contributed by atoms with Crippen LogP contribution in [0.15, 0.2) is 18.6 Å². The first-order valence-electron chi connectivity index (χ1n) is 7.93. The highest BCUT2D eigenvalue weighted by molar-refractivity contribution is 5.47. The Morgan fingerprint density at radius 1 is 1.26 bits per heavy atom. The summed E-state index contributed by atoms with van der Waals surface area (Å²) in [6.45, 7) is 2.98. The van der Waals surface area contributed by atoms with Crippen LogP contribution in [0.5, 0.6) is 0 Å². The predicted molar refractivity (Wildman–Crippen MR) is 89.3 cm³/mol. The number of aryl methyl sites for hydroxylation is 1. The summed E-state index contributed by atoms with van der Waals surface area (Å²) in [7, 11) is 5.87. The molecule has 3 heterocycles. The Kier molecular flexibility index (Phi) is 4.71. The fourth-order valence-corrected chi connectivity index (χ4v) is 2.81. The maximum atomic E-state index is 4.32. The first kappa shape index (κ1) is 15.7. The van der Waals surface area contributed by atoms with E-state index in [4.69, 9.17) is 0 Å². The molecule has 0 aliphatic carbocycles. The third kappa shape index (κ3) is 4.16. The minimum atomic E-state index is 0.456. The molecule has 8 heteroatoms. The molecule has 1 aliphatic heterocycles. The molecule has 1 aliphatic rings. The molecule has 1 fully saturated rings. The molecule has 0 amide bonds. The predicted octanol–water partition coefficient (Wildman–Crippen LogP) is 0.748. The molecule has 0 aromatic carbocycles. The van der Waals surface area contributed by atoms with Gasteiger partial charge in [0.15, 0.2) is 0 Å². The van der Waals surface area contributed by atoms with Gasteiger partial charge in [0.25, 0.3) is 0 Å². The minimum Gasteiger partial charge on any atom is -0.367 e. The molecule has 124 valence electrons. The second-order valence-electron chi connectivity index (χ2n) is 6.23. The van der Waals surface area contributed by atoms with Gasteiger partial charge in [0, 0.05) is 59.1 Å². The van der Waals surface area contributed by atoms with Gasteiger partial charge in [-0.2, -0.15) is 0 Å². The minimum absolute atomic E-state index is 0.456. The van der Waals surface area contributed by atoms with Crippen LogP contribution >= 0.6 is 0 Å². The van der Waals surface area contributed by atoms with E-state index >= 15 is 0 Å². The van der Waals surface area contributed by atoms with Gasteiger partial charge in [-0.05, 0) is 12.8 Å². The Labute approximate surface area is 136 Å². The van der Waals surface area contributed by atoms with Crippen LogP contribution in [0.1, 0.15) is 18.5 Å². The Bertz CT molecular complexity index is 630. The third-order valence-electron chi connectivity index (χ3n) is 4.09. The summed E-state index contributed by atoms with van der Waals surface area (Å²) in [6, 6.07) is 2.45. The molecule has 0 radical (unpaired) electrons. The fraction of sp³-hybridized carbons (Fsp3) is 0.600. The van der Waals surface area contributed by atoms with Crippen LogP contribution in [-0.4, -0.2) is 63.1 Å². The second-order valence-corrected chi connectivity index (χ2v) is 6.23. The van der Waals surface area contributed by atoms with Gasteiger partial charge >= 0.3 is 0 Å². The Hall–Kier alpha value is -2.22. The largest absolute Gasteiger partial charge is 0.367 e. The number of piperidine rings is 1. The maximum Gasteiger partial charge on any atom is 0.133 e.